The Kier molecular flexibility index (Phi) is 3.48. The fourth-order valence-electron chi connectivity index (χ4n) is 2.13. The van der Waals surface area contributed by atoms with Crippen molar-refractivity contribution in [3.63, 3.8) is 0 Å². The van der Waals surface area contributed by atoms with Gasteiger partial charge in [-0.25, -0.2) is 4.98 Å². The molecule has 0 aliphatic rings. The van der Waals surface area contributed by atoms with E-state index in [4.69, 9.17) is 17.0 Å². The van der Waals surface area contributed by atoms with Crippen molar-refractivity contribution in [2.24, 2.45) is 0 Å². The molecule has 0 fully saturated rings. The second-order valence-corrected chi connectivity index (χ2v) is 4.80. The average Bonchev–Trinajstić information content (AvgIpc) is 2.26. The largest absolute Gasteiger partial charge is 0.496 e. The number of methoxy groups -OCH3 is 1. The lowest BCUT2D eigenvalue weighted by Crippen LogP contribution is -1.96. The lowest BCUT2D eigenvalue weighted by atomic mass is 10.0. The van der Waals surface area contributed by atoms with Gasteiger partial charge in [0.25, 0.3) is 0 Å². The van der Waals surface area contributed by atoms with E-state index < -0.39 is 0 Å². The first-order valence-corrected chi connectivity index (χ1v) is 6.15. The zero-order valence-electron chi connectivity index (χ0n) is 11.0. The van der Waals surface area contributed by atoms with Crippen LogP contribution in [0.2, 0.25) is 0 Å². The van der Waals surface area contributed by atoms with E-state index in [1.165, 1.54) is 5.56 Å². The molecule has 0 saturated carbocycles. The van der Waals surface area contributed by atoms with Gasteiger partial charge in [-0.2, -0.15) is 0 Å². The molecule has 0 atom stereocenters. The van der Waals surface area contributed by atoms with E-state index in [0.717, 1.165) is 28.3 Å². The van der Waals surface area contributed by atoms with Crippen LogP contribution >= 0.6 is 12.2 Å². The second kappa shape index (κ2) is 4.90. The first-order valence-electron chi connectivity index (χ1n) is 5.75. The van der Waals surface area contributed by atoms with Gasteiger partial charge in [0.1, 0.15) is 5.75 Å². The standard InChI is InChI=1S/C14H16N2OS/c1-8-5-9(2)13(17-4)11(6-8)12-7-10(3)15-14(18)16-12/h5-7H,1-4H3,(H,15,16,18). The summed E-state index contributed by atoms with van der Waals surface area (Å²) in [7, 11) is 1.68. The molecule has 0 aliphatic carbocycles. The Morgan fingerprint density at radius 1 is 1.17 bits per heavy atom. The lowest BCUT2D eigenvalue weighted by molar-refractivity contribution is 0.413. The smallest absolute Gasteiger partial charge is 0.197 e. The molecule has 1 N–H and O–H groups in total. The van der Waals surface area contributed by atoms with Crippen LogP contribution in [-0.4, -0.2) is 17.1 Å². The molecule has 1 heterocycles. The number of ether oxygens (including phenoxy) is 1. The number of rotatable bonds is 2. The van der Waals surface area contributed by atoms with E-state index in [1.807, 2.05) is 19.9 Å². The molecule has 94 valence electrons. The molecular weight excluding hydrogens is 244 g/mol. The van der Waals surface area contributed by atoms with E-state index in [2.05, 4.69) is 29.0 Å². The predicted molar refractivity (Wildman–Crippen MR) is 75.6 cm³/mol. The minimum atomic E-state index is 0.492. The fourth-order valence-corrected chi connectivity index (χ4v) is 2.39. The number of H-pyrrole nitrogens is 1. The van der Waals surface area contributed by atoms with Gasteiger partial charge in [-0.05, 0) is 56.2 Å². The number of nitrogens with zero attached hydrogens (tertiary/aromatic N) is 1. The van der Waals surface area contributed by atoms with Crippen molar-refractivity contribution in [2.45, 2.75) is 20.8 Å². The van der Waals surface area contributed by atoms with Gasteiger partial charge >= 0.3 is 0 Å². The highest BCUT2D eigenvalue weighted by Gasteiger charge is 2.11. The third-order valence-electron chi connectivity index (χ3n) is 2.78. The van der Waals surface area contributed by atoms with Crippen molar-refractivity contribution in [2.75, 3.05) is 7.11 Å². The second-order valence-electron chi connectivity index (χ2n) is 4.42. The van der Waals surface area contributed by atoms with Crippen molar-refractivity contribution >= 4 is 12.2 Å². The molecular formula is C14H16N2OS. The number of aromatic nitrogens is 2. The van der Waals surface area contributed by atoms with Gasteiger partial charge < -0.3 is 9.72 Å². The zero-order chi connectivity index (χ0) is 13.3. The molecule has 0 unspecified atom stereocenters. The van der Waals surface area contributed by atoms with Crippen LogP contribution in [0.25, 0.3) is 11.3 Å². The SMILES string of the molecule is COc1c(C)cc(C)cc1-c1cc(C)[nH]c(=S)n1. The lowest BCUT2D eigenvalue weighted by Gasteiger charge is -2.12. The molecule has 0 radical (unpaired) electrons. The van der Waals surface area contributed by atoms with E-state index in [9.17, 15) is 0 Å². The summed E-state index contributed by atoms with van der Waals surface area (Å²) < 4.78 is 5.97. The molecule has 0 aliphatic heterocycles. The van der Waals surface area contributed by atoms with Gasteiger partial charge in [0.15, 0.2) is 4.77 Å². The number of benzene rings is 1. The average molecular weight is 260 g/mol. The Morgan fingerprint density at radius 3 is 2.50 bits per heavy atom. The maximum Gasteiger partial charge on any atom is 0.197 e. The number of aromatic amines is 1. The Bertz CT molecular complexity index is 647. The summed E-state index contributed by atoms with van der Waals surface area (Å²) >= 11 is 5.12. The van der Waals surface area contributed by atoms with E-state index in [0.29, 0.717) is 4.77 Å². The van der Waals surface area contributed by atoms with Gasteiger partial charge in [-0.3, -0.25) is 0 Å². The number of hydrogen-bond donors (Lipinski definition) is 1. The highest BCUT2D eigenvalue weighted by Crippen LogP contribution is 2.33. The Labute approximate surface area is 112 Å². The summed E-state index contributed by atoms with van der Waals surface area (Å²) in [4.78, 5) is 7.38. The molecule has 0 bridgehead atoms. The first kappa shape index (κ1) is 12.8. The fraction of sp³-hybridized carbons (Fsp3) is 0.286. The maximum absolute atomic E-state index is 5.48. The van der Waals surface area contributed by atoms with Gasteiger partial charge in [-0.15, -0.1) is 0 Å². The van der Waals surface area contributed by atoms with Crippen LogP contribution in [0.3, 0.4) is 0 Å². The van der Waals surface area contributed by atoms with Crippen LogP contribution in [0.1, 0.15) is 16.8 Å². The molecule has 4 heteroatoms. The summed E-state index contributed by atoms with van der Waals surface area (Å²) in [5, 5.41) is 0. The topological polar surface area (TPSA) is 37.9 Å². The quantitative estimate of drug-likeness (QED) is 0.836. The Hall–Kier alpha value is -1.68. The van der Waals surface area contributed by atoms with Crippen LogP contribution in [0.15, 0.2) is 18.2 Å². The van der Waals surface area contributed by atoms with Gasteiger partial charge in [0, 0.05) is 11.3 Å². The summed E-state index contributed by atoms with van der Waals surface area (Å²) in [5.74, 6) is 0.855. The monoisotopic (exact) mass is 260 g/mol. The molecule has 3 nitrogen and oxygen atoms in total. The normalized spacial score (nSPS) is 10.4. The van der Waals surface area contributed by atoms with Gasteiger partial charge in [0.05, 0.1) is 12.8 Å². The molecule has 18 heavy (non-hydrogen) atoms. The van der Waals surface area contributed by atoms with Crippen LogP contribution < -0.4 is 4.74 Å². The predicted octanol–water partition coefficient (Wildman–Crippen LogP) is 3.74. The van der Waals surface area contributed by atoms with E-state index in [1.54, 1.807) is 7.11 Å². The Balaban J connectivity index is 2.73. The van der Waals surface area contributed by atoms with Crippen molar-refractivity contribution in [3.05, 3.63) is 39.8 Å². The van der Waals surface area contributed by atoms with Crippen LogP contribution in [0, 0.1) is 25.5 Å². The maximum atomic E-state index is 5.48. The molecule has 0 spiro atoms. The number of hydrogen-bond acceptors (Lipinski definition) is 3. The van der Waals surface area contributed by atoms with E-state index in [-0.39, 0.29) is 0 Å². The summed E-state index contributed by atoms with van der Waals surface area (Å²) in [5.41, 5.74) is 5.11. The van der Waals surface area contributed by atoms with Crippen LogP contribution in [-0.2, 0) is 0 Å². The minimum absolute atomic E-state index is 0.492. The third kappa shape index (κ3) is 2.43. The van der Waals surface area contributed by atoms with Crippen LogP contribution in [0.4, 0.5) is 0 Å². The minimum Gasteiger partial charge on any atom is -0.496 e. The summed E-state index contributed by atoms with van der Waals surface area (Å²) in [6, 6.07) is 6.15. The molecule has 1 aromatic carbocycles. The highest BCUT2D eigenvalue weighted by molar-refractivity contribution is 7.71. The van der Waals surface area contributed by atoms with Crippen molar-refractivity contribution in [3.8, 4) is 17.0 Å². The van der Waals surface area contributed by atoms with Crippen molar-refractivity contribution < 1.29 is 4.74 Å². The molecule has 0 amide bonds. The third-order valence-corrected chi connectivity index (χ3v) is 2.97. The van der Waals surface area contributed by atoms with Gasteiger partial charge in [-0.1, -0.05) is 6.07 Å². The molecule has 0 saturated heterocycles. The van der Waals surface area contributed by atoms with Crippen molar-refractivity contribution in [1.82, 2.24) is 9.97 Å². The zero-order valence-corrected chi connectivity index (χ0v) is 11.8. The number of nitrogens with one attached hydrogen (secondary N) is 1. The highest BCUT2D eigenvalue weighted by atomic mass is 32.1. The Morgan fingerprint density at radius 2 is 1.89 bits per heavy atom. The van der Waals surface area contributed by atoms with E-state index >= 15 is 0 Å². The van der Waals surface area contributed by atoms with Crippen molar-refractivity contribution in [1.29, 1.82) is 0 Å². The molecule has 2 rings (SSSR count). The van der Waals surface area contributed by atoms with Gasteiger partial charge in [0.2, 0.25) is 0 Å². The molecule has 2 aromatic rings. The first-order chi connectivity index (χ1) is 8.51. The number of aryl methyl sites for hydroxylation is 3. The summed E-state index contributed by atoms with van der Waals surface area (Å²) in [6.45, 7) is 6.06. The summed E-state index contributed by atoms with van der Waals surface area (Å²) in [6.07, 6.45) is 0. The molecule has 1 aromatic heterocycles. The van der Waals surface area contributed by atoms with Crippen LogP contribution in [0.5, 0.6) is 5.75 Å².